The monoisotopic (exact) mass is 537 g/mol. The fourth-order valence-corrected chi connectivity index (χ4v) is 4.61. The van der Waals surface area contributed by atoms with E-state index in [-0.39, 0.29) is 11.5 Å². The molecule has 41 heavy (non-hydrogen) atoms. The lowest BCUT2D eigenvalue weighted by Crippen LogP contribution is -2.13. The molecule has 5 aromatic rings. The molecule has 1 amide bonds. The Labute approximate surface area is 238 Å². The van der Waals surface area contributed by atoms with Crippen LogP contribution in [0.4, 0.5) is 5.69 Å². The molecular formula is C35H27N3O3. The fourth-order valence-electron chi connectivity index (χ4n) is 4.61. The normalized spacial score (nSPS) is 11.0. The zero-order chi connectivity index (χ0) is 28.6. The molecule has 0 radical (unpaired) electrons. The van der Waals surface area contributed by atoms with E-state index in [2.05, 4.69) is 16.0 Å². The summed E-state index contributed by atoms with van der Waals surface area (Å²) >= 11 is 0. The average molecular weight is 538 g/mol. The summed E-state index contributed by atoms with van der Waals surface area (Å²) in [6.45, 7) is 2.07. The van der Waals surface area contributed by atoms with Crippen molar-refractivity contribution in [2.24, 2.45) is 0 Å². The first-order valence-corrected chi connectivity index (χ1v) is 13.2. The number of nitrogens with zero attached hydrogens (tertiary/aromatic N) is 2. The number of hydrogen-bond donors (Lipinski definition) is 1. The minimum atomic E-state index is -0.495. The zero-order valence-electron chi connectivity index (χ0n) is 22.5. The Hall–Kier alpha value is -5.67. The van der Waals surface area contributed by atoms with Gasteiger partial charge < -0.3 is 14.6 Å². The van der Waals surface area contributed by atoms with Crippen LogP contribution in [0.3, 0.4) is 0 Å². The third kappa shape index (κ3) is 6.00. The maximum Gasteiger partial charge on any atom is 0.338 e. The first-order valence-electron chi connectivity index (χ1n) is 13.2. The van der Waals surface area contributed by atoms with Gasteiger partial charge in [-0.1, -0.05) is 78.9 Å². The van der Waals surface area contributed by atoms with E-state index in [0.29, 0.717) is 23.4 Å². The van der Waals surface area contributed by atoms with Crippen LogP contribution < -0.4 is 5.32 Å². The number of nitrogens with one attached hydrogen (secondary N) is 1. The topological polar surface area (TPSA) is 84.1 Å². The predicted octanol–water partition coefficient (Wildman–Crippen LogP) is 7.53. The van der Waals surface area contributed by atoms with Crippen LogP contribution >= 0.6 is 0 Å². The number of nitriles is 1. The molecule has 0 aliphatic rings. The molecule has 0 spiro atoms. The summed E-state index contributed by atoms with van der Waals surface area (Å²) in [7, 11) is 0. The summed E-state index contributed by atoms with van der Waals surface area (Å²) in [5.41, 5.74) is 6.05. The fraction of sp³-hybridized carbons (Fsp3) is 0.0571. The molecule has 1 aromatic heterocycles. The molecule has 1 heterocycles. The number of anilines is 1. The number of para-hydroxylation sites is 1. The van der Waals surface area contributed by atoms with Crippen molar-refractivity contribution in [1.82, 2.24) is 4.57 Å². The van der Waals surface area contributed by atoms with Crippen LogP contribution in [0.5, 0.6) is 0 Å². The predicted molar refractivity (Wildman–Crippen MR) is 161 cm³/mol. The van der Waals surface area contributed by atoms with Crippen LogP contribution in [0.1, 0.15) is 22.8 Å². The Kier molecular flexibility index (Phi) is 8.18. The van der Waals surface area contributed by atoms with Gasteiger partial charge in [-0.3, -0.25) is 4.79 Å². The highest BCUT2D eigenvalue weighted by atomic mass is 16.5. The molecule has 0 aliphatic carbocycles. The van der Waals surface area contributed by atoms with E-state index in [1.807, 2.05) is 97.1 Å². The van der Waals surface area contributed by atoms with Crippen molar-refractivity contribution < 1.29 is 14.3 Å². The summed E-state index contributed by atoms with van der Waals surface area (Å²) in [4.78, 5) is 25.4. The summed E-state index contributed by atoms with van der Waals surface area (Å²) in [5, 5.41) is 12.8. The van der Waals surface area contributed by atoms with Gasteiger partial charge in [-0.05, 0) is 66.6 Å². The van der Waals surface area contributed by atoms with Crippen LogP contribution in [0.25, 0.3) is 34.3 Å². The van der Waals surface area contributed by atoms with E-state index in [9.17, 15) is 14.9 Å². The van der Waals surface area contributed by atoms with Crippen LogP contribution in [0.2, 0.25) is 0 Å². The van der Waals surface area contributed by atoms with Gasteiger partial charge in [-0.25, -0.2) is 4.79 Å². The van der Waals surface area contributed by atoms with Gasteiger partial charge in [0.1, 0.15) is 11.6 Å². The van der Waals surface area contributed by atoms with Crippen molar-refractivity contribution in [3.8, 4) is 34.3 Å². The number of ether oxygens (including phenoxy) is 1. The molecule has 6 heteroatoms. The van der Waals surface area contributed by atoms with Crippen molar-refractivity contribution in [2.75, 3.05) is 11.9 Å². The minimum absolute atomic E-state index is 0.0274. The lowest BCUT2D eigenvalue weighted by molar-refractivity contribution is -0.112. The third-order valence-electron chi connectivity index (χ3n) is 6.48. The van der Waals surface area contributed by atoms with E-state index in [0.717, 1.165) is 28.2 Å². The Bertz CT molecular complexity index is 1730. The Balaban J connectivity index is 1.71. The van der Waals surface area contributed by atoms with Gasteiger partial charge in [-0.15, -0.1) is 0 Å². The van der Waals surface area contributed by atoms with Gasteiger partial charge in [-0.2, -0.15) is 5.26 Å². The minimum Gasteiger partial charge on any atom is -0.462 e. The summed E-state index contributed by atoms with van der Waals surface area (Å²) in [6.07, 6.45) is 1.62. The molecule has 4 aromatic carbocycles. The van der Waals surface area contributed by atoms with Gasteiger partial charge in [0, 0.05) is 16.9 Å². The number of esters is 1. The highest BCUT2D eigenvalue weighted by molar-refractivity contribution is 6.10. The molecule has 0 atom stereocenters. The van der Waals surface area contributed by atoms with Gasteiger partial charge in [0.05, 0.1) is 23.6 Å². The lowest BCUT2D eigenvalue weighted by atomic mass is 10.0. The van der Waals surface area contributed by atoms with Gasteiger partial charge in [0.2, 0.25) is 0 Å². The Morgan fingerprint density at radius 2 is 1.41 bits per heavy atom. The summed E-state index contributed by atoms with van der Waals surface area (Å²) in [5.74, 6) is -0.879. The second kappa shape index (κ2) is 12.5. The number of carbonyl (C=O) groups is 2. The number of rotatable bonds is 8. The number of aromatic nitrogens is 1. The standard InChI is InChI=1S/C35H27N3O3/c1-2-41-35(40)27-18-20-31(21-19-27)38-32(25-12-6-3-7-13-25)23-28(33(38)26-14-8-4-9-15-26)22-29(24-36)34(39)37-30-16-10-5-11-17-30/h3-23H,2H2,1H3,(H,37,39)/b29-22+. The Morgan fingerprint density at radius 1 is 0.829 bits per heavy atom. The second-order valence-electron chi connectivity index (χ2n) is 9.16. The van der Waals surface area contributed by atoms with Crippen molar-refractivity contribution in [3.63, 3.8) is 0 Å². The largest absolute Gasteiger partial charge is 0.462 e. The van der Waals surface area contributed by atoms with E-state index < -0.39 is 5.91 Å². The first-order chi connectivity index (χ1) is 20.1. The van der Waals surface area contributed by atoms with Crippen molar-refractivity contribution in [2.45, 2.75) is 6.92 Å². The van der Waals surface area contributed by atoms with Crippen molar-refractivity contribution in [3.05, 3.63) is 138 Å². The molecule has 0 unspecified atom stereocenters. The quantitative estimate of drug-likeness (QED) is 0.126. The highest BCUT2D eigenvalue weighted by Gasteiger charge is 2.21. The smallest absolute Gasteiger partial charge is 0.338 e. The van der Waals surface area contributed by atoms with Crippen LogP contribution in [0.15, 0.2) is 127 Å². The van der Waals surface area contributed by atoms with E-state index >= 15 is 0 Å². The molecule has 6 nitrogen and oxygen atoms in total. The maximum absolute atomic E-state index is 13.1. The first kappa shape index (κ1) is 26.9. The summed E-state index contributed by atoms with van der Waals surface area (Å²) in [6, 6.07) is 40.0. The van der Waals surface area contributed by atoms with Gasteiger partial charge in [0.15, 0.2) is 0 Å². The molecule has 0 bridgehead atoms. The number of amides is 1. The van der Waals surface area contributed by atoms with Gasteiger partial charge in [0.25, 0.3) is 5.91 Å². The van der Waals surface area contributed by atoms with Crippen LogP contribution in [-0.2, 0) is 9.53 Å². The van der Waals surface area contributed by atoms with E-state index in [1.165, 1.54) is 0 Å². The number of carbonyl (C=O) groups excluding carboxylic acids is 2. The lowest BCUT2D eigenvalue weighted by Gasteiger charge is -2.15. The molecule has 1 N–H and O–H groups in total. The number of hydrogen-bond acceptors (Lipinski definition) is 4. The van der Waals surface area contributed by atoms with Gasteiger partial charge >= 0.3 is 5.97 Å². The maximum atomic E-state index is 13.1. The number of benzene rings is 4. The Morgan fingerprint density at radius 3 is 2.00 bits per heavy atom. The summed E-state index contributed by atoms with van der Waals surface area (Å²) < 4.78 is 7.24. The molecule has 0 aliphatic heterocycles. The molecule has 200 valence electrons. The SMILES string of the molecule is CCOC(=O)c1ccc(-n2c(-c3ccccc3)cc(/C=C(\C#N)C(=O)Nc3ccccc3)c2-c2ccccc2)cc1. The van der Waals surface area contributed by atoms with Crippen LogP contribution in [-0.4, -0.2) is 23.1 Å². The zero-order valence-corrected chi connectivity index (χ0v) is 22.5. The second-order valence-corrected chi connectivity index (χ2v) is 9.16. The van der Waals surface area contributed by atoms with Crippen molar-refractivity contribution in [1.29, 1.82) is 5.26 Å². The highest BCUT2D eigenvalue weighted by Crippen LogP contribution is 2.37. The van der Waals surface area contributed by atoms with E-state index in [4.69, 9.17) is 4.74 Å². The molecule has 0 saturated carbocycles. The molecule has 5 rings (SSSR count). The van der Waals surface area contributed by atoms with Crippen molar-refractivity contribution >= 4 is 23.6 Å². The average Bonchev–Trinajstić information content (AvgIpc) is 3.40. The van der Waals surface area contributed by atoms with Crippen LogP contribution in [0, 0.1) is 11.3 Å². The third-order valence-corrected chi connectivity index (χ3v) is 6.48. The van der Waals surface area contributed by atoms with E-state index in [1.54, 1.807) is 37.3 Å². The molecule has 0 saturated heterocycles. The molecule has 0 fully saturated rings. The molecular weight excluding hydrogens is 510 g/mol.